The van der Waals surface area contributed by atoms with E-state index < -0.39 is 0 Å². The Kier molecular flexibility index (Phi) is 4.62. The fourth-order valence-electron chi connectivity index (χ4n) is 1.81. The molecule has 1 saturated heterocycles. The minimum atomic E-state index is 0.807. The van der Waals surface area contributed by atoms with Crippen molar-refractivity contribution in [1.29, 1.82) is 0 Å². The number of hydrogen-bond donors (Lipinski definition) is 1. The van der Waals surface area contributed by atoms with Gasteiger partial charge in [-0.1, -0.05) is 13.3 Å². The van der Waals surface area contributed by atoms with Crippen LogP contribution in [-0.2, 0) is 0 Å². The molecule has 0 amide bonds. The third-order valence-corrected chi connectivity index (χ3v) is 2.76. The summed E-state index contributed by atoms with van der Waals surface area (Å²) in [5.41, 5.74) is 0. The molecule has 0 saturated carbocycles. The number of likely N-dealkylation sites (N-methyl/N-ethyl adjacent to an activating group) is 1. The lowest BCUT2D eigenvalue weighted by atomic mass is 10.2. The fraction of sp³-hybridized carbons (Fsp3) is 1.00. The molecule has 2 heteroatoms. The summed E-state index contributed by atoms with van der Waals surface area (Å²) in [7, 11) is 2.24. The lowest BCUT2D eigenvalue weighted by Gasteiger charge is -2.19. The summed E-state index contributed by atoms with van der Waals surface area (Å²) in [4.78, 5) is 2.47. The standard InChI is InChI=1S/C10H22N2/c1-3-4-7-11-9-10-6-5-8-12(10)2/h10-11H,3-9H2,1-2H3. The monoisotopic (exact) mass is 170 g/mol. The van der Waals surface area contributed by atoms with Crippen molar-refractivity contribution < 1.29 is 0 Å². The summed E-state index contributed by atoms with van der Waals surface area (Å²) in [6.45, 7) is 5.92. The molecule has 0 radical (unpaired) electrons. The van der Waals surface area contributed by atoms with Crippen LogP contribution in [0.2, 0.25) is 0 Å². The zero-order valence-corrected chi connectivity index (χ0v) is 8.47. The molecule has 1 rings (SSSR count). The molecular weight excluding hydrogens is 148 g/mol. The molecule has 1 aliphatic rings. The van der Waals surface area contributed by atoms with E-state index in [-0.39, 0.29) is 0 Å². The van der Waals surface area contributed by atoms with E-state index in [0.29, 0.717) is 0 Å². The van der Waals surface area contributed by atoms with Crippen LogP contribution in [0.1, 0.15) is 32.6 Å². The van der Waals surface area contributed by atoms with Crippen LogP contribution < -0.4 is 5.32 Å². The number of unbranched alkanes of at least 4 members (excludes halogenated alkanes) is 1. The zero-order valence-electron chi connectivity index (χ0n) is 8.47. The summed E-state index contributed by atoms with van der Waals surface area (Å²) in [5.74, 6) is 0. The highest BCUT2D eigenvalue weighted by molar-refractivity contribution is 4.77. The Balaban J connectivity index is 1.98. The molecule has 1 fully saturated rings. The Morgan fingerprint density at radius 1 is 1.50 bits per heavy atom. The van der Waals surface area contributed by atoms with Crippen LogP contribution in [0, 0.1) is 0 Å². The number of nitrogens with one attached hydrogen (secondary N) is 1. The van der Waals surface area contributed by atoms with Gasteiger partial charge in [0.15, 0.2) is 0 Å². The molecule has 0 spiro atoms. The van der Waals surface area contributed by atoms with Crippen molar-refractivity contribution in [2.24, 2.45) is 0 Å². The van der Waals surface area contributed by atoms with Crippen molar-refractivity contribution in [3.8, 4) is 0 Å². The van der Waals surface area contributed by atoms with Crippen LogP contribution in [0.4, 0.5) is 0 Å². The number of nitrogens with zero attached hydrogens (tertiary/aromatic N) is 1. The molecule has 1 atom stereocenters. The van der Waals surface area contributed by atoms with Crippen molar-refractivity contribution in [3.05, 3.63) is 0 Å². The Hall–Kier alpha value is -0.0800. The zero-order chi connectivity index (χ0) is 8.81. The maximum absolute atomic E-state index is 3.52. The maximum Gasteiger partial charge on any atom is 0.0218 e. The van der Waals surface area contributed by atoms with Gasteiger partial charge in [-0.2, -0.15) is 0 Å². The van der Waals surface area contributed by atoms with Gasteiger partial charge in [-0.15, -0.1) is 0 Å². The Labute approximate surface area is 76.3 Å². The van der Waals surface area contributed by atoms with Crippen molar-refractivity contribution >= 4 is 0 Å². The van der Waals surface area contributed by atoms with Crippen LogP contribution in [-0.4, -0.2) is 37.6 Å². The Bertz CT molecular complexity index is 114. The predicted molar refractivity (Wildman–Crippen MR) is 53.4 cm³/mol. The molecule has 0 bridgehead atoms. The SMILES string of the molecule is CCCCNCC1CCCN1C. The highest BCUT2D eigenvalue weighted by atomic mass is 15.2. The third kappa shape index (κ3) is 3.11. The van der Waals surface area contributed by atoms with E-state index >= 15 is 0 Å². The maximum atomic E-state index is 3.52. The van der Waals surface area contributed by atoms with Gasteiger partial charge in [-0.25, -0.2) is 0 Å². The number of rotatable bonds is 5. The van der Waals surface area contributed by atoms with Crippen molar-refractivity contribution in [2.75, 3.05) is 26.7 Å². The summed E-state index contributed by atoms with van der Waals surface area (Å²) in [6, 6.07) is 0.807. The van der Waals surface area contributed by atoms with Gasteiger partial charge in [0.2, 0.25) is 0 Å². The van der Waals surface area contributed by atoms with Crippen LogP contribution in [0.3, 0.4) is 0 Å². The smallest absolute Gasteiger partial charge is 0.0218 e. The minimum Gasteiger partial charge on any atom is -0.315 e. The second kappa shape index (κ2) is 5.55. The van der Waals surface area contributed by atoms with Crippen LogP contribution in [0.5, 0.6) is 0 Å². The summed E-state index contributed by atoms with van der Waals surface area (Å²) in [5, 5.41) is 3.52. The van der Waals surface area contributed by atoms with Crippen molar-refractivity contribution in [1.82, 2.24) is 10.2 Å². The Morgan fingerprint density at radius 3 is 2.92 bits per heavy atom. The Morgan fingerprint density at radius 2 is 2.33 bits per heavy atom. The fourth-order valence-corrected chi connectivity index (χ4v) is 1.81. The highest BCUT2D eigenvalue weighted by Gasteiger charge is 2.19. The highest BCUT2D eigenvalue weighted by Crippen LogP contribution is 2.13. The van der Waals surface area contributed by atoms with E-state index in [1.807, 2.05) is 0 Å². The van der Waals surface area contributed by atoms with E-state index in [1.54, 1.807) is 0 Å². The average Bonchev–Trinajstić information content (AvgIpc) is 2.46. The average molecular weight is 170 g/mol. The molecular formula is C10H22N2. The van der Waals surface area contributed by atoms with E-state index in [2.05, 4.69) is 24.2 Å². The minimum absolute atomic E-state index is 0.807. The van der Waals surface area contributed by atoms with Gasteiger partial charge >= 0.3 is 0 Å². The summed E-state index contributed by atoms with van der Waals surface area (Å²) < 4.78 is 0. The van der Waals surface area contributed by atoms with Gasteiger partial charge in [0.05, 0.1) is 0 Å². The van der Waals surface area contributed by atoms with E-state index in [1.165, 1.54) is 45.3 Å². The predicted octanol–water partition coefficient (Wildman–Crippen LogP) is 1.47. The van der Waals surface area contributed by atoms with E-state index in [9.17, 15) is 0 Å². The van der Waals surface area contributed by atoms with Gasteiger partial charge in [0.25, 0.3) is 0 Å². The first-order valence-electron chi connectivity index (χ1n) is 5.25. The molecule has 0 aliphatic carbocycles. The molecule has 12 heavy (non-hydrogen) atoms. The van der Waals surface area contributed by atoms with Gasteiger partial charge in [-0.05, 0) is 39.4 Å². The molecule has 1 heterocycles. The van der Waals surface area contributed by atoms with Crippen molar-refractivity contribution in [2.45, 2.75) is 38.6 Å². The normalized spacial score (nSPS) is 25.0. The van der Waals surface area contributed by atoms with E-state index in [0.717, 1.165) is 6.04 Å². The third-order valence-electron chi connectivity index (χ3n) is 2.76. The van der Waals surface area contributed by atoms with E-state index in [4.69, 9.17) is 0 Å². The quantitative estimate of drug-likeness (QED) is 0.629. The molecule has 1 N–H and O–H groups in total. The van der Waals surface area contributed by atoms with Gasteiger partial charge in [0, 0.05) is 12.6 Å². The summed E-state index contributed by atoms with van der Waals surface area (Å²) in [6.07, 6.45) is 5.39. The number of likely N-dealkylation sites (tertiary alicyclic amines) is 1. The lowest BCUT2D eigenvalue weighted by molar-refractivity contribution is 0.300. The lowest BCUT2D eigenvalue weighted by Crippen LogP contribution is -2.35. The first kappa shape index (κ1) is 10.0. The van der Waals surface area contributed by atoms with Gasteiger partial charge < -0.3 is 10.2 Å². The molecule has 0 aromatic rings. The molecule has 0 aromatic heterocycles. The largest absolute Gasteiger partial charge is 0.315 e. The molecule has 0 aromatic carbocycles. The second-order valence-electron chi connectivity index (χ2n) is 3.83. The van der Waals surface area contributed by atoms with Gasteiger partial charge in [0.1, 0.15) is 0 Å². The summed E-state index contributed by atoms with van der Waals surface area (Å²) >= 11 is 0. The van der Waals surface area contributed by atoms with Crippen LogP contribution >= 0.6 is 0 Å². The van der Waals surface area contributed by atoms with Gasteiger partial charge in [-0.3, -0.25) is 0 Å². The second-order valence-corrected chi connectivity index (χ2v) is 3.83. The van der Waals surface area contributed by atoms with Crippen molar-refractivity contribution in [3.63, 3.8) is 0 Å². The molecule has 1 unspecified atom stereocenters. The first-order valence-corrected chi connectivity index (χ1v) is 5.25. The first-order chi connectivity index (χ1) is 5.84. The topological polar surface area (TPSA) is 15.3 Å². The molecule has 2 nitrogen and oxygen atoms in total. The number of hydrogen-bond acceptors (Lipinski definition) is 2. The molecule has 72 valence electrons. The van der Waals surface area contributed by atoms with Crippen LogP contribution in [0.25, 0.3) is 0 Å². The molecule has 1 aliphatic heterocycles. The van der Waals surface area contributed by atoms with Crippen LogP contribution in [0.15, 0.2) is 0 Å².